The average Bonchev–Trinajstić information content (AvgIpc) is 3.61. The highest BCUT2D eigenvalue weighted by atomic mass is 35.5. The minimum absolute atomic E-state index is 0.0296. The van der Waals surface area contributed by atoms with Crippen molar-refractivity contribution in [1.82, 2.24) is 34.9 Å². The van der Waals surface area contributed by atoms with Gasteiger partial charge in [0.25, 0.3) is 0 Å². The van der Waals surface area contributed by atoms with E-state index < -0.39 is 17.8 Å². The van der Waals surface area contributed by atoms with Gasteiger partial charge in [-0.25, -0.2) is 4.39 Å². The minimum atomic E-state index is -0.876. The van der Waals surface area contributed by atoms with Crippen LogP contribution < -0.4 is 5.32 Å². The first-order chi connectivity index (χ1) is 20.2. The molecule has 0 aliphatic carbocycles. The summed E-state index contributed by atoms with van der Waals surface area (Å²) >= 11 is 6.04. The number of nitrogens with one attached hydrogen (secondary N) is 1. The van der Waals surface area contributed by atoms with Gasteiger partial charge in [-0.2, -0.15) is 9.78 Å². The average molecular weight is 589 g/mol. The molecule has 0 saturated carbocycles. The normalized spacial score (nSPS) is 16.3. The van der Waals surface area contributed by atoms with E-state index in [0.717, 1.165) is 22.5 Å². The van der Waals surface area contributed by atoms with E-state index in [4.69, 9.17) is 11.6 Å². The lowest BCUT2D eigenvalue weighted by molar-refractivity contribution is -0.136. The highest BCUT2D eigenvalue weighted by molar-refractivity contribution is 6.31. The molecule has 42 heavy (non-hydrogen) atoms. The van der Waals surface area contributed by atoms with Crippen LogP contribution in [0, 0.1) is 12.7 Å². The zero-order valence-electron chi connectivity index (χ0n) is 22.8. The zero-order chi connectivity index (χ0) is 29.5. The summed E-state index contributed by atoms with van der Waals surface area (Å²) in [5.41, 5.74) is 5.12. The number of carbonyl (C=O) groups excluding carboxylic acids is 3. The monoisotopic (exact) mass is 588 g/mol. The van der Waals surface area contributed by atoms with Crippen molar-refractivity contribution in [2.45, 2.75) is 38.6 Å². The maximum Gasteiger partial charge on any atom is 0.247 e. The molecular weight excluding hydrogens is 563 g/mol. The summed E-state index contributed by atoms with van der Waals surface area (Å²) in [5.74, 6) is -1.39. The molecule has 0 radical (unpaired) electrons. The predicted molar refractivity (Wildman–Crippen MR) is 151 cm³/mol. The van der Waals surface area contributed by atoms with Crippen LogP contribution in [0.3, 0.4) is 0 Å². The predicted octanol–water partition coefficient (Wildman–Crippen LogP) is 3.33. The number of ketones is 1. The second-order valence-corrected chi connectivity index (χ2v) is 10.7. The third kappa shape index (κ3) is 4.98. The fourth-order valence-electron chi connectivity index (χ4n) is 5.74. The Morgan fingerprint density at radius 2 is 2.02 bits per heavy atom. The van der Waals surface area contributed by atoms with Gasteiger partial charge in [-0.1, -0.05) is 23.7 Å². The Balaban J connectivity index is 1.32. The van der Waals surface area contributed by atoms with Gasteiger partial charge in [-0.15, -0.1) is 5.10 Å². The molecule has 6 rings (SSSR count). The molecule has 2 aromatic heterocycles. The molecule has 0 bridgehead atoms. The quantitative estimate of drug-likeness (QED) is 0.342. The molecule has 2 aliphatic heterocycles. The molecule has 0 saturated heterocycles. The Bertz CT molecular complexity index is 1760. The highest BCUT2D eigenvalue weighted by Crippen LogP contribution is 2.35. The van der Waals surface area contributed by atoms with E-state index in [2.05, 4.69) is 25.9 Å². The molecule has 0 fully saturated rings. The van der Waals surface area contributed by atoms with Crippen molar-refractivity contribution in [2.24, 2.45) is 7.05 Å². The number of benzene rings is 2. The SMILES string of the molecule is Cc1nn(C)c2c1C(C(=O)Cc1ccc3c(c1)CCC(=O)N3)N(C(=O)/C=C/c1c(-n3cnnn3)ccc(Cl)c1F)CC2. The molecular formula is C29H26ClFN8O3. The summed E-state index contributed by atoms with van der Waals surface area (Å²) in [6.07, 6.45) is 5.45. The van der Waals surface area contributed by atoms with Gasteiger partial charge in [0.1, 0.15) is 12.4 Å². The largest absolute Gasteiger partial charge is 0.326 e. The summed E-state index contributed by atoms with van der Waals surface area (Å²) < 4.78 is 18.1. The number of hydrogen-bond acceptors (Lipinski definition) is 7. The van der Waals surface area contributed by atoms with Crippen molar-refractivity contribution in [3.63, 3.8) is 0 Å². The molecule has 11 nitrogen and oxygen atoms in total. The van der Waals surface area contributed by atoms with Crippen molar-refractivity contribution < 1.29 is 18.8 Å². The van der Waals surface area contributed by atoms with Gasteiger partial charge in [0.2, 0.25) is 11.8 Å². The molecule has 0 spiro atoms. The van der Waals surface area contributed by atoms with Crippen molar-refractivity contribution in [3.8, 4) is 5.69 Å². The molecule has 214 valence electrons. The van der Waals surface area contributed by atoms with Crippen molar-refractivity contribution >= 4 is 41.0 Å². The van der Waals surface area contributed by atoms with E-state index in [1.807, 2.05) is 32.2 Å². The van der Waals surface area contributed by atoms with Gasteiger partial charge in [-0.3, -0.25) is 19.1 Å². The molecule has 1 unspecified atom stereocenters. The van der Waals surface area contributed by atoms with Gasteiger partial charge in [-0.05, 0) is 59.2 Å². The van der Waals surface area contributed by atoms with Gasteiger partial charge >= 0.3 is 0 Å². The Morgan fingerprint density at radius 1 is 1.19 bits per heavy atom. The number of anilines is 1. The molecule has 2 amide bonds. The number of fused-ring (bicyclic) bond motifs is 2. The second-order valence-electron chi connectivity index (χ2n) is 10.3. The topological polar surface area (TPSA) is 128 Å². The van der Waals surface area contributed by atoms with Crippen LogP contribution in [0.15, 0.2) is 42.7 Å². The number of Topliss-reactive ketones (excluding diaryl/α,β-unsaturated/α-hetero) is 1. The molecule has 4 aromatic rings. The fourth-order valence-corrected chi connectivity index (χ4v) is 5.90. The standard InChI is InChI=1S/C29H26ClFN8O3/c1-16-27-23(37(2)34-16)11-12-38(29(27)24(40)14-17-3-7-21-18(13-17)4-9-25(41)33-21)26(42)10-5-19-22(39-15-32-35-36-39)8-6-20(30)28(19)31/h3,5-8,10,13,15,29H,4,9,11-12,14H2,1-2H3,(H,33,41)/b10-5+. The van der Waals surface area contributed by atoms with Crippen LogP contribution in [-0.2, 0) is 40.7 Å². The molecule has 2 aliphatic rings. The number of tetrazole rings is 1. The van der Waals surface area contributed by atoms with E-state index in [1.165, 1.54) is 34.1 Å². The number of aromatic nitrogens is 6. The van der Waals surface area contributed by atoms with Crippen LogP contribution in [0.25, 0.3) is 11.8 Å². The maximum atomic E-state index is 15.1. The van der Waals surface area contributed by atoms with E-state index in [1.54, 1.807) is 10.7 Å². The first kappa shape index (κ1) is 27.5. The summed E-state index contributed by atoms with van der Waals surface area (Å²) in [6.45, 7) is 2.10. The number of aryl methyl sites for hydroxylation is 3. The number of hydrogen-bond donors (Lipinski definition) is 1. The number of rotatable bonds is 6. The van der Waals surface area contributed by atoms with Crippen LogP contribution in [-0.4, -0.2) is 59.0 Å². The van der Waals surface area contributed by atoms with Gasteiger partial charge in [0.05, 0.1) is 16.4 Å². The Labute approximate surface area is 244 Å². The first-order valence-electron chi connectivity index (χ1n) is 13.4. The molecule has 4 heterocycles. The maximum absolute atomic E-state index is 15.1. The third-order valence-electron chi connectivity index (χ3n) is 7.70. The molecule has 13 heteroatoms. The van der Waals surface area contributed by atoms with Crippen molar-refractivity contribution in [2.75, 3.05) is 11.9 Å². The van der Waals surface area contributed by atoms with Crippen LogP contribution in [0.4, 0.5) is 10.1 Å². The van der Waals surface area contributed by atoms with E-state index in [0.29, 0.717) is 36.2 Å². The lowest BCUT2D eigenvalue weighted by Crippen LogP contribution is -2.43. The molecule has 1 N–H and O–H groups in total. The highest BCUT2D eigenvalue weighted by Gasteiger charge is 2.38. The number of carbonyl (C=O) groups is 3. The summed E-state index contributed by atoms with van der Waals surface area (Å²) in [5, 5.41) is 18.3. The van der Waals surface area contributed by atoms with Gasteiger partial charge < -0.3 is 10.2 Å². The van der Waals surface area contributed by atoms with Crippen molar-refractivity contribution in [3.05, 3.63) is 87.2 Å². The van der Waals surface area contributed by atoms with Gasteiger partial charge in [0.15, 0.2) is 11.6 Å². The number of amides is 2. The van der Waals surface area contributed by atoms with Crippen molar-refractivity contribution in [1.29, 1.82) is 0 Å². The summed E-state index contributed by atoms with van der Waals surface area (Å²) in [7, 11) is 1.82. The third-order valence-corrected chi connectivity index (χ3v) is 7.99. The minimum Gasteiger partial charge on any atom is -0.326 e. The number of nitrogens with zero attached hydrogens (tertiary/aromatic N) is 7. The van der Waals surface area contributed by atoms with Crippen LogP contribution in [0.2, 0.25) is 5.02 Å². The van der Waals surface area contributed by atoms with E-state index in [-0.39, 0.29) is 35.2 Å². The van der Waals surface area contributed by atoms with Crippen LogP contribution in [0.1, 0.15) is 46.1 Å². The Kier molecular flexibility index (Phi) is 7.15. The van der Waals surface area contributed by atoms with E-state index in [9.17, 15) is 14.4 Å². The summed E-state index contributed by atoms with van der Waals surface area (Å²) in [6, 6.07) is 7.61. The Morgan fingerprint density at radius 3 is 2.81 bits per heavy atom. The lowest BCUT2D eigenvalue weighted by Gasteiger charge is -2.35. The molecule has 2 aromatic carbocycles. The zero-order valence-corrected chi connectivity index (χ0v) is 23.6. The van der Waals surface area contributed by atoms with E-state index >= 15 is 4.39 Å². The van der Waals surface area contributed by atoms with Crippen LogP contribution >= 0.6 is 11.6 Å². The Hall–Kier alpha value is -4.71. The summed E-state index contributed by atoms with van der Waals surface area (Å²) in [4.78, 5) is 40.9. The fraction of sp³-hybridized carbons (Fsp3) is 0.276. The van der Waals surface area contributed by atoms with Crippen LogP contribution in [0.5, 0.6) is 0 Å². The van der Waals surface area contributed by atoms with Gasteiger partial charge in [0, 0.05) is 61.4 Å². The lowest BCUT2D eigenvalue weighted by atomic mass is 9.89. The second kappa shape index (κ2) is 10.9. The smallest absolute Gasteiger partial charge is 0.247 e. The first-order valence-corrected chi connectivity index (χ1v) is 13.8. The number of halogens is 2. The molecule has 1 atom stereocenters.